The molecule has 0 saturated carbocycles. The fourth-order valence-corrected chi connectivity index (χ4v) is 0.981. The van der Waals surface area contributed by atoms with Crippen molar-refractivity contribution in [3.05, 3.63) is 35.4 Å². The van der Waals surface area contributed by atoms with Crippen LogP contribution in [0.2, 0.25) is 0 Å². The fourth-order valence-electron chi connectivity index (χ4n) is 0.981. The van der Waals surface area contributed by atoms with Gasteiger partial charge >= 0.3 is 0 Å². The van der Waals surface area contributed by atoms with Crippen molar-refractivity contribution in [2.75, 3.05) is 0 Å². The molecular weight excluding hydrogens is 150 g/mol. The normalized spacial score (nSPS) is 15.2. The Balaban J connectivity index is 3.04. The second-order valence-electron chi connectivity index (χ2n) is 3.27. The number of carbonyl (C=O) groups is 1. The first-order chi connectivity index (χ1) is 5.56. The molecule has 12 heavy (non-hydrogen) atoms. The van der Waals surface area contributed by atoms with Crippen LogP contribution >= 0.6 is 0 Å². The van der Waals surface area contributed by atoms with E-state index in [1.54, 1.807) is 6.92 Å². The summed E-state index contributed by atoms with van der Waals surface area (Å²) in [7, 11) is 0. The first kappa shape index (κ1) is 8.94. The van der Waals surface area contributed by atoms with Crippen LogP contribution in [0.3, 0.4) is 0 Å². The Kier molecular flexibility index (Phi) is 2.29. The summed E-state index contributed by atoms with van der Waals surface area (Å²) in [5.74, 6) is 0. The van der Waals surface area contributed by atoms with Gasteiger partial charge in [0.15, 0.2) is 0 Å². The number of rotatable bonds is 2. The molecule has 0 aliphatic rings. The van der Waals surface area contributed by atoms with Crippen molar-refractivity contribution in [3.63, 3.8) is 0 Å². The molecule has 1 rings (SSSR count). The summed E-state index contributed by atoms with van der Waals surface area (Å²) in [6.45, 7) is 3.70. The summed E-state index contributed by atoms with van der Waals surface area (Å²) in [5.41, 5.74) is 6.88. The van der Waals surface area contributed by atoms with Crippen LogP contribution in [0.1, 0.15) is 18.1 Å². The van der Waals surface area contributed by atoms with E-state index < -0.39 is 5.54 Å². The van der Waals surface area contributed by atoms with E-state index in [9.17, 15) is 4.79 Å². The number of aryl methyl sites for hydroxylation is 1. The van der Waals surface area contributed by atoms with Crippen molar-refractivity contribution in [2.45, 2.75) is 19.4 Å². The van der Waals surface area contributed by atoms with Gasteiger partial charge < -0.3 is 10.5 Å². The lowest BCUT2D eigenvalue weighted by Gasteiger charge is -2.17. The van der Waals surface area contributed by atoms with Crippen molar-refractivity contribution in [3.8, 4) is 0 Å². The molecule has 2 heteroatoms. The fraction of sp³-hybridized carbons (Fsp3) is 0.300. The quantitative estimate of drug-likeness (QED) is 0.669. The van der Waals surface area contributed by atoms with E-state index >= 15 is 0 Å². The maximum atomic E-state index is 10.6. The Morgan fingerprint density at radius 1 is 1.33 bits per heavy atom. The standard InChI is InChI=1S/C10H13NO/c1-8-3-5-9(6-4-8)10(2,11)7-12/h3-7H,11H2,1-2H3. The monoisotopic (exact) mass is 163 g/mol. The zero-order chi connectivity index (χ0) is 9.19. The Morgan fingerprint density at radius 3 is 2.25 bits per heavy atom. The summed E-state index contributed by atoms with van der Waals surface area (Å²) in [5, 5.41) is 0. The molecule has 1 atom stereocenters. The number of hydrogen-bond donors (Lipinski definition) is 1. The second-order valence-corrected chi connectivity index (χ2v) is 3.27. The zero-order valence-electron chi connectivity index (χ0n) is 7.37. The third kappa shape index (κ3) is 1.71. The lowest BCUT2D eigenvalue weighted by molar-refractivity contribution is -0.112. The van der Waals surface area contributed by atoms with Crippen molar-refractivity contribution in [2.24, 2.45) is 5.73 Å². The van der Waals surface area contributed by atoms with E-state index in [1.165, 1.54) is 5.56 Å². The minimum atomic E-state index is -0.853. The molecule has 1 aromatic carbocycles. The number of carbonyl (C=O) groups excluding carboxylic acids is 1. The molecular formula is C10H13NO. The molecule has 0 bridgehead atoms. The van der Waals surface area contributed by atoms with Gasteiger partial charge in [-0.3, -0.25) is 0 Å². The molecule has 0 saturated heterocycles. The van der Waals surface area contributed by atoms with E-state index in [0.717, 1.165) is 11.8 Å². The van der Waals surface area contributed by atoms with Gasteiger partial charge in [-0.15, -0.1) is 0 Å². The number of hydrogen-bond acceptors (Lipinski definition) is 2. The third-order valence-corrected chi connectivity index (χ3v) is 1.92. The van der Waals surface area contributed by atoms with Crippen LogP contribution in [0.4, 0.5) is 0 Å². The molecule has 2 N–H and O–H groups in total. The van der Waals surface area contributed by atoms with Crippen molar-refractivity contribution in [1.29, 1.82) is 0 Å². The minimum Gasteiger partial charge on any atom is -0.316 e. The first-order valence-electron chi connectivity index (χ1n) is 3.88. The smallest absolute Gasteiger partial charge is 0.144 e. The Morgan fingerprint density at radius 2 is 1.83 bits per heavy atom. The van der Waals surface area contributed by atoms with Gasteiger partial charge in [0.1, 0.15) is 6.29 Å². The van der Waals surface area contributed by atoms with E-state index in [1.807, 2.05) is 31.2 Å². The summed E-state index contributed by atoms with van der Waals surface area (Å²) in [6, 6.07) is 7.65. The molecule has 0 amide bonds. The highest BCUT2D eigenvalue weighted by molar-refractivity contribution is 5.66. The first-order valence-corrected chi connectivity index (χ1v) is 3.88. The van der Waals surface area contributed by atoms with Crippen LogP contribution in [0, 0.1) is 6.92 Å². The number of nitrogens with two attached hydrogens (primary N) is 1. The lowest BCUT2D eigenvalue weighted by Crippen LogP contribution is -2.34. The van der Waals surface area contributed by atoms with E-state index in [-0.39, 0.29) is 0 Å². The largest absolute Gasteiger partial charge is 0.316 e. The highest BCUT2D eigenvalue weighted by atomic mass is 16.1. The number of benzene rings is 1. The van der Waals surface area contributed by atoms with Crippen molar-refractivity contribution >= 4 is 6.29 Å². The second kappa shape index (κ2) is 3.07. The molecule has 0 aliphatic heterocycles. The van der Waals surface area contributed by atoms with Gasteiger partial charge in [-0.1, -0.05) is 29.8 Å². The number of aldehydes is 1. The molecule has 64 valence electrons. The SMILES string of the molecule is Cc1ccc(C(C)(N)C=O)cc1. The molecule has 0 heterocycles. The third-order valence-electron chi connectivity index (χ3n) is 1.92. The molecule has 0 aliphatic carbocycles. The highest BCUT2D eigenvalue weighted by Crippen LogP contribution is 2.15. The van der Waals surface area contributed by atoms with Crippen LogP contribution in [0.15, 0.2) is 24.3 Å². The summed E-state index contributed by atoms with van der Waals surface area (Å²) in [6.07, 6.45) is 0.762. The van der Waals surface area contributed by atoms with Gasteiger partial charge in [-0.2, -0.15) is 0 Å². The average Bonchev–Trinajstić information content (AvgIpc) is 2.05. The highest BCUT2D eigenvalue weighted by Gasteiger charge is 2.18. The molecule has 0 spiro atoms. The van der Waals surface area contributed by atoms with Crippen molar-refractivity contribution < 1.29 is 4.79 Å². The van der Waals surface area contributed by atoms with Gasteiger partial charge in [0, 0.05) is 0 Å². The van der Waals surface area contributed by atoms with E-state index in [4.69, 9.17) is 5.73 Å². The molecule has 1 aromatic rings. The van der Waals surface area contributed by atoms with Gasteiger partial charge in [0.25, 0.3) is 0 Å². The summed E-state index contributed by atoms with van der Waals surface area (Å²) < 4.78 is 0. The van der Waals surface area contributed by atoms with Gasteiger partial charge in [0.2, 0.25) is 0 Å². The zero-order valence-corrected chi connectivity index (χ0v) is 7.37. The van der Waals surface area contributed by atoms with Crippen LogP contribution in [0.5, 0.6) is 0 Å². The molecule has 1 unspecified atom stereocenters. The maximum Gasteiger partial charge on any atom is 0.144 e. The van der Waals surface area contributed by atoms with Crippen LogP contribution in [-0.4, -0.2) is 6.29 Å². The molecule has 2 nitrogen and oxygen atoms in total. The lowest BCUT2D eigenvalue weighted by atomic mass is 9.94. The average molecular weight is 163 g/mol. The molecule has 0 aromatic heterocycles. The molecule has 0 fully saturated rings. The predicted octanol–water partition coefficient (Wildman–Crippen LogP) is 1.37. The topological polar surface area (TPSA) is 43.1 Å². The van der Waals surface area contributed by atoms with Crippen LogP contribution in [-0.2, 0) is 10.3 Å². The Labute approximate surface area is 72.4 Å². The Hall–Kier alpha value is -1.15. The minimum absolute atomic E-state index is 0.762. The van der Waals surface area contributed by atoms with E-state index in [2.05, 4.69) is 0 Å². The predicted molar refractivity (Wildman–Crippen MR) is 48.8 cm³/mol. The maximum absolute atomic E-state index is 10.6. The van der Waals surface area contributed by atoms with Gasteiger partial charge in [-0.05, 0) is 19.4 Å². The van der Waals surface area contributed by atoms with Gasteiger partial charge in [0.05, 0.1) is 5.54 Å². The van der Waals surface area contributed by atoms with Crippen LogP contribution in [0.25, 0.3) is 0 Å². The summed E-state index contributed by atoms with van der Waals surface area (Å²) in [4.78, 5) is 10.6. The van der Waals surface area contributed by atoms with Crippen LogP contribution < -0.4 is 5.73 Å². The Bertz CT molecular complexity index is 274. The molecule has 0 radical (unpaired) electrons. The summed E-state index contributed by atoms with van der Waals surface area (Å²) >= 11 is 0. The van der Waals surface area contributed by atoms with Crippen molar-refractivity contribution in [1.82, 2.24) is 0 Å². The van der Waals surface area contributed by atoms with Gasteiger partial charge in [-0.25, -0.2) is 0 Å². The van der Waals surface area contributed by atoms with E-state index in [0.29, 0.717) is 0 Å².